The molecule has 0 aliphatic heterocycles. The Hall–Kier alpha value is -3.13. The fourth-order valence-electron chi connectivity index (χ4n) is 5.08. The van der Waals surface area contributed by atoms with Crippen LogP contribution in [0.5, 0.6) is 0 Å². The number of likely N-dealkylation sites (N-methyl/N-ethyl adjacent to an activating group) is 2. The number of nitrogens with one attached hydrogen (secondary N) is 3. The van der Waals surface area contributed by atoms with Crippen molar-refractivity contribution < 1.29 is 0 Å². The third kappa shape index (κ3) is 10.3. The van der Waals surface area contributed by atoms with Crippen LogP contribution in [0.25, 0.3) is 0 Å². The van der Waals surface area contributed by atoms with Crippen LogP contribution in [0.4, 0.5) is 0 Å². The topological polar surface area (TPSA) is 65.1 Å². The Morgan fingerprint density at radius 3 is 1.85 bits per heavy atom. The summed E-state index contributed by atoms with van der Waals surface area (Å²) in [5.74, 6) is 0. The zero-order valence-corrected chi connectivity index (χ0v) is 25.0. The van der Waals surface area contributed by atoms with Gasteiger partial charge in [-0.3, -0.25) is 14.9 Å². The Bertz CT molecular complexity index is 1220. The minimum absolute atomic E-state index is 0.134. The number of pyridine rings is 2. The lowest BCUT2D eigenvalue weighted by molar-refractivity contribution is 0.208. The summed E-state index contributed by atoms with van der Waals surface area (Å²) >= 11 is 6.12. The van der Waals surface area contributed by atoms with Crippen molar-refractivity contribution in [2.24, 2.45) is 0 Å². The molecule has 0 bridgehead atoms. The second kappa shape index (κ2) is 17.0. The van der Waals surface area contributed by atoms with Gasteiger partial charge in [-0.1, -0.05) is 74.0 Å². The van der Waals surface area contributed by atoms with Crippen molar-refractivity contribution in [1.82, 2.24) is 30.8 Å². The molecule has 41 heavy (non-hydrogen) atoms. The highest BCUT2D eigenvalue weighted by Crippen LogP contribution is 2.19. The molecule has 3 N–H and O–H groups in total. The highest BCUT2D eigenvalue weighted by molar-refractivity contribution is 6.30. The molecule has 2 aromatic heterocycles. The van der Waals surface area contributed by atoms with E-state index in [4.69, 9.17) is 11.6 Å². The molecule has 4 aromatic rings. The Balaban J connectivity index is 1.42. The van der Waals surface area contributed by atoms with Crippen LogP contribution in [0.15, 0.2) is 97.3 Å². The Labute approximate surface area is 250 Å². The molecule has 0 radical (unpaired) electrons. The molecule has 0 fully saturated rings. The smallest absolute Gasteiger partial charge is 0.0624 e. The van der Waals surface area contributed by atoms with Gasteiger partial charge in [0.15, 0.2) is 0 Å². The van der Waals surface area contributed by atoms with Crippen molar-refractivity contribution in [2.45, 2.75) is 45.4 Å². The van der Waals surface area contributed by atoms with Crippen molar-refractivity contribution in [2.75, 3.05) is 32.7 Å². The average Bonchev–Trinajstić information content (AvgIpc) is 3.00. The van der Waals surface area contributed by atoms with Gasteiger partial charge >= 0.3 is 0 Å². The summed E-state index contributed by atoms with van der Waals surface area (Å²) in [6.07, 6.45) is 4.71. The zero-order valence-electron chi connectivity index (χ0n) is 24.3. The Morgan fingerprint density at radius 2 is 1.32 bits per heavy atom. The molecular formula is C34H43ClN6. The maximum Gasteiger partial charge on any atom is 0.0624 e. The normalized spacial score (nSPS) is 12.9. The molecule has 0 aliphatic rings. The largest absolute Gasteiger partial charge is 0.312 e. The molecule has 0 spiro atoms. The number of benzene rings is 2. The van der Waals surface area contributed by atoms with Crippen LogP contribution >= 0.6 is 11.6 Å². The number of halogens is 1. The molecule has 7 heteroatoms. The van der Waals surface area contributed by atoms with Gasteiger partial charge in [-0.05, 0) is 79.1 Å². The average molecular weight is 571 g/mol. The monoisotopic (exact) mass is 570 g/mol. The third-order valence-corrected chi connectivity index (χ3v) is 7.35. The van der Waals surface area contributed by atoms with E-state index in [-0.39, 0.29) is 12.1 Å². The molecule has 2 unspecified atom stereocenters. The lowest BCUT2D eigenvalue weighted by Gasteiger charge is -2.31. The maximum absolute atomic E-state index is 6.12. The van der Waals surface area contributed by atoms with Crippen molar-refractivity contribution in [3.8, 4) is 0 Å². The van der Waals surface area contributed by atoms with Crippen molar-refractivity contribution >= 4 is 11.6 Å². The summed E-state index contributed by atoms with van der Waals surface area (Å²) in [6, 6.07) is 29.6. The fourth-order valence-corrected chi connectivity index (χ4v) is 5.29. The van der Waals surface area contributed by atoms with Crippen LogP contribution in [0.1, 0.15) is 54.0 Å². The molecular weight excluding hydrogens is 528 g/mol. The molecule has 0 saturated carbocycles. The Kier molecular flexibility index (Phi) is 12.8. The van der Waals surface area contributed by atoms with Gasteiger partial charge < -0.3 is 16.0 Å². The highest BCUT2D eigenvalue weighted by Gasteiger charge is 2.21. The zero-order chi connectivity index (χ0) is 28.7. The van der Waals surface area contributed by atoms with Gasteiger partial charge in [-0.25, -0.2) is 0 Å². The first-order chi connectivity index (χ1) is 20.1. The summed E-state index contributed by atoms with van der Waals surface area (Å²) in [7, 11) is 0. The van der Waals surface area contributed by atoms with Gasteiger partial charge in [0.2, 0.25) is 0 Å². The molecule has 216 valence electrons. The van der Waals surface area contributed by atoms with Crippen LogP contribution in [0.2, 0.25) is 5.02 Å². The van der Waals surface area contributed by atoms with E-state index in [9.17, 15) is 0 Å². The lowest BCUT2D eigenvalue weighted by Crippen LogP contribution is -2.40. The predicted octanol–water partition coefficient (Wildman–Crippen LogP) is 5.97. The van der Waals surface area contributed by atoms with E-state index < -0.39 is 0 Å². The maximum atomic E-state index is 6.12. The molecule has 2 atom stereocenters. The summed E-state index contributed by atoms with van der Waals surface area (Å²) < 4.78 is 0. The fraction of sp³-hybridized carbons (Fsp3) is 0.353. The van der Waals surface area contributed by atoms with Crippen LogP contribution < -0.4 is 16.0 Å². The highest BCUT2D eigenvalue weighted by atomic mass is 35.5. The second-order valence-electron chi connectivity index (χ2n) is 10.3. The number of hydrogen-bond acceptors (Lipinski definition) is 6. The van der Waals surface area contributed by atoms with Gasteiger partial charge in [-0.2, -0.15) is 0 Å². The number of hydrogen-bond donors (Lipinski definition) is 3. The number of rotatable bonds is 17. The minimum atomic E-state index is 0.134. The summed E-state index contributed by atoms with van der Waals surface area (Å²) in [5.41, 5.74) is 5.96. The molecule has 2 heterocycles. The summed E-state index contributed by atoms with van der Waals surface area (Å²) in [4.78, 5) is 11.9. The number of nitrogens with zero attached hydrogens (tertiary/aromatic N) is 3. The van der Waals surface area contributed by atoms with E-state index >= 15 is 0 Å². The van der Waals surface area contributed by atoms with Crippen LogP contribution in [-0.2, 0) is 19.5 Å². The van der Waals surface area contributed by atoms with Crippen molar-refractivity contribution in [3.05, 3.63) is 130 Å². The van der Waals surface area contributed by atoms with Gasteiger partial charge in [0.1, 0.15) is 0 Å². The second-order valence-corrected chi connectivity index (χ2v) is 10.7. The van der Waals surface area contributed by atoms with Crippen LogP contribution in [-0.4, -0.2) is 47.6 Å². The van der Waals surface area contributed by atoms with Crippen LogP contribution in [0.3, 0.4) is 0 Å². The van der Waals surface area contributed by atoms with Gasteiger partial charge in [0.25, 0.3) is 0 Å². The van der Waals surface area contributed by atoms with Gasteiger partial charge in [0.05, 0.1) is 23.5 Å². The Morgan fingerprint density at radius 1 is 0.707 bits per heavy atom. The lowest BCUT2D eigenvalue weighted by atomic mass is 10.1. The van der Waals surface area contributed by atoms with Crippen molar-refractivity contribution in [3.63, 3.8) is 0 Å². The molecule has 2 aromatic carbocycles. The predicted molar refractivity (Wildman–Crippen MR) is 170 cm³/mol. The van der Waals surface area contributed by atoms with Gasteiger partial charge in [0, 0.05) is 43.6 Å². The molecule has 6 nitrogen and oxygen atoms in total. The summed E-state index contributed by atoms with van der Waals surface area (Å²) in [5, 5.41) is 11.7. The first-order valence-corrected chi connectivity index (χ1v) is 15.1. The minimum Gasteiger partial charge on any atom is -0.312 e. The van der Waals surface area contributed by atoms with E-state index in [2.05, 4.69) is 99.3 Å². The van der Waals surface area contributed by atoms with E-state index in [0.29, 0.717) is 0 Å². The summed E-state index contributed by atoms with van der Waals surface area (Å²) in [6.45, 7) is 10.3. The van der Waals surface area contributed by atoms with E-state index in [1.807, 2.05) is 42.7 Å². The van der Waals surface area contributed by atoms with Gasteiger partial charge in [-0.15, -0.1) is 0 Å². The van der Waals surface area contributed by atoms with Crippen LogP contribution in [0, 0.1) is 0 Å². The van der Waals surface area contributed by atoms with Crippen molar-refractivity contribution in [1.29, 1.82) is 0 Å². The first kappa shape index (κ1) is 30.8. The quantitative estimate of drug-likeness (QED) is 0.136. The van der Waals surface area contributed by atoms with E-state index in [0.717, 1.165) is 68.6 Å². The molecule has 4 rings (SSSR count). The molecule has 0 amide bonds. The van der Waals surface area contributed by atoms with E-state index in [1.54, 1.807) is 0 Å². The third-order valence-electron chi connectivity index (χ3n) is 7.11. The number of aromatic nitrogens is 2. The molecule has 0 saturated heterocycles. The SMILES string of the molecule is CCNC(CN(Cc1ccc(CNCCc2cccc(Cl)c2)cc1)CC(NCC)c1ccccn1)c1ccccn1. The first-order valence-electron chi connectivity index (χ1n) is 14.7. The standard InChI is InChI=1S/C34H43ClN6/c1-3-37-33(31-12-5-7-19-39-31)25-41(26-34(38-4-2)32-13-6-8-20-40-32)24-29-16-14-28(15-17-29)23-36-21-18-27-10-9-11-30(35)22-27/h5-17,19-20,22,33-34,36-38H,3-4,18,21,23-26H2,1-2H3. The van der Waals surface area contributed by atoms with E-state index in [1.165, 1.54) is 16.7 Å². The molecule has 0 aliphatic carbocycles.